The highest BCUT2D eigenvalue weighted by atomic mass is 31.2. The summed E-state index contributed by atoms with van der Waals surface area (Å²) in [7, 11) is -3.46. The van der Waals surface area contributed by atoms with Gasteiger partial charge in [-0.25, -0.2) is 0 Å². The van der Waals surface area contributed by atoms with Crippen molar-refractivity contribution in [2.45, 2.75) is 26.7 Å². The molecule has 0 spiro atoms. The Balaban J connectivity index is 4.65. The van der Waals surface area contributed by atoms with E-state index in [-0.39, 0.29) is 32.2 Å². The van der Waals surface area contributed by atoms with Gasteiger partial charge >= 0.3 is 19.5 Å². The first-order chi connectivity index (χ1) is 8.34. The summed E-state index contributed by atoms with van der Waals surface area (Å²) >= 11 is 0. The van der Waals surface area contributed by atoms with E-state index in [1.165, 1.54) is 0 Å². The molecule has 0 aliphatic carbocycles. The molecule has 0 heterocycles. The highest BCUT2D eigenvalue weighted by molar-refractivity contribution is 7.53. The Hall–Kier alpha value is -0.910. The van der Waals surface area contributed by atoms with Crippen LogP contribution in [-0.4, -0.2) is 41.5 Å². The highest BCUT2D eigenvalue weighted by Crippen LogP contribution is 2.50. The van der Waals surface area contributed by atoms with E-state index in [9.17, 15) is 14.2 Å². The zero-order chi connectivity index (χ0) is 14.2. The molecule has 106 valence electrons. The summed E-state index contributed by atoms with van der Waals surface area (Å²) in [6, 6.07) is 0. The standard InChI is InChI=1S/C10H19O7P/c1-3-16-18(15,17-4-2)7-8(10(13)14)5-6-9(11)12/h8H,3-7H2,1-2H3,(H,11,12)(H,13,14). The van der Waals surface area contributed by atoms with Crippen LogP contribution >= 0.6 is 7.60 Å². The van der Waals surface area contributed by atoms with Crippen LogP contribution in [0.4, 0.5) is 0 Å². The third-order valence-electron chi connectivity index (χ3n) is 2.15. The number of carboxylic acids is 2. The van der Waals surface area contributed by atoms with Crippen LogP contribution in [-0.2, 0) is 23.2 Å². The zero-order valence-electron chi connectivity index (χ0n) is 10.5. The van der Waals surface area contributed by atoms with Gasteiger partial charge in [-0.05, 0) is 20.3 Å². The minimum Gasteiger partial charge on any atom is -0.481 e. The molecule has 0 aromatic rings. The minimum atomic E-state index is -3.46. The molecule has 0 rings (SSSR count). The van der Waals surface area contributed by atoms with Crippen molar-refractivity contribution in [2.24, 2.45) is 5.92 Å². The van der Waals surface area contributed by atoms with Crippen molar-refractivity contribution in [1.29, 1.82) is 0 Å². The lowest BCUT2D eigenvalue weighted by Gasteiger charge is -2.20. The molecule has 0 radical (unpaired) electrons. The van der Waals surface area contributed by atoms with Crippen LogP contribution in [0.1, 0.15) is 26.7 Å². The lowest BCUT2D eigenvalue weighted by atomic mass is 10.1. The van der Waals surface area contributed by atoms with Crippen molar-refractivity contribution in [3.63, 3.8) is 0 Å². The van der Waals surface area contributed by atoms with Crippen LogP contribution in [0.5, 0.6) is 0 Å². The van der Waals surface area contributed by atoms with Gasteiger partial charge in [0, 0.05) is 6.42 Å². The SMILES string of the molecule is CCOP(=O)(CC(CCC(=O)O)C(=O)O)OCC. The molecule has 0 aromatic carbocycles. The van der Waals surface area contributed by atoms with E-state index in [0.717, 1.165) is 0 Å². The Morgan fingerprint density at radius 3 is 2.00 bits per heavy atom. The molecule has 8 heteroatoms. The maximum Gasteiger partial charge on any atom is 0.331 e. The van der Waals surface area contributed by atoms with Crippen molar-refractivity contribution in [2.75, 3.05) is 19.4 Å². The van der Waals surface area contributed by atoms with Gasteiger partial charge in [0.15, 0.2) is 0 Å². The van der Waals surface area contributed by atoms with Crippen LogP contribution in [0, 0.1) is 5.92 Å². The molecular weight excluding hydrogens is 263 g/mol. The number of rotatable bonds is 10. The van der Waals surface area contributed by atoms with Gasteiger partial charge in [-0.2, -0.15) is 0 Å². The molecule has 2 N–H and O–H groups in total. The van der Waals surface area contributed by atoms with E-state index in [1.807, 2.05) is 0 Å². The largest absolute Gasteiger partial charge is 0.481 e. The number of carboxylic acid groups (broad SMARTS) is 2. The lowest BCUT2D eigenvalue weighted by molar-refractivity contribution is -0.142. The Morgan fingerprint density at radius 2 is 1.67 bits per heavy atom. The van der Waals surface area contributed by atoms with Crippen LogP contribution in [0.25, 0.3) is 0 Å². The summed E-state index contributed by atoms with van der Waals surface area (Å²) in [5.41, 5.74) is 0. The second-order valence-electron chi connectivity index (χ2n) is 3.60. The van der Waals surface area contributed by atoms with Crippen molar-refractivity contribution < 1.29 is 33.4 Å². The van der Waals surface area contributed by atoms with E-state index in [1.54, 1.807) is 13.8 Å². The molecule has 0 aliphatic rings. The summed E-state index contributed by atoms with van der Waals surface area (Å²) in [6.45, 7) is 3.53. The highest BCUT2D eigenvalue weighted by Gasteiger charge is 2.32. The molecule has 7 nitrogen and oxygen atoms in total. The fourth-order valence-electron chi connectivity index (χ4n) is 1.40. The topological polar surface area (TPSA) is 110 Å². The fraction of sp³-hybridized carbons (Fsp3) is 0.800. The van der Waals surface area contributed by atoms with Gasteiger partial charge < -0.3 is 19.3 Å². The predicted molar refractivity (Wildman–Crippen MR) is 63.7 cm³/mol. The number of hydrogen-bond donors (Lipinski definition) is 2. The molecule has 0 saturated heterocycles. The van der Waals surface area contributed by atoms with Gasteiger partial charge in [-0.15, -0.1) is 0 Å². The molecule has 1 atom stereocenters. The van der Waals surface area contributed by atoms with E-state index < -0.39 is 25.5 Å². The van der Waals surface area contributed by atoms with E-state index in [2.05, 4.69) is 0 Å². The molecule has 1 unspecified atom stereocenters. The van der Waals surface area contributed by atoms with Crippen molar-refractivity contribution >= 4 is 19.5 Å². The molecular formula is C10H19O7P. The lowest BCUT2D eigenvalue weighted by Crippen LogP contribution is -2.20. The van der Waals surface area contributed by atoms with Crippen LogP contribution in [0.2, 0.25) is 0 Å². The average Bonchev–Trinajstić information content (AvgIpc) is 2.24. The zero-order valence-corrected chi connectivity index (χ0v) is 11.4. The number of carbonyl (C=O) groups is 2. The fourth-order valence-corrected chi connectivity index (χ4v) is 3.35. The molecule has 0 fully saturated rings. The van der Waals surface area contributed by atoms with Gasteiger partial charge in [-0.3, -0.25) is 14.2 Å². The monoisotopic (exact) mass is 282 g/mol. The van der Waals surface area contributed by atoms with E-state index in [0.29, 0.717) is 0 Å². The summed E-state index contributed by atoms with van der Waals surface area (Å²) in [5.74, 6) is -3.34. The van der Waals surface area contributed by atoms with E-state index >= 15 is 0 Å². The smallest absolute Gasteiger partial charge is 0.331 e. The Morgan fingerprint density at radius 1 is 1.17 bits per heavy atom. The third kappa shape index (κ3) is 6.74. The summed E-state index contributed by atoms with van der Waals surface area (Å²) < 4.78 is 22.1. The van der Waals surface area contributed by atoms with E-state index in [4.69, 9.17) is 19.3 Å². The summed E-state index contributed by atoms with van der Waals surface area (Å²) in [6.07, 6.45) is -0.707. The molecule has 0 amide bonds. The summed E-state index contributed by atoms with van der Waals surface area (Å²) in [5, 5.41) is 17.5. The number of hydrogen-bond acceptors (Lipinski definition) is 5. The van der Waals surface area contributed by atoms with Crippen LogP contribution in [0.3, 0.4) is 0 Å². The Labute approximate surface area is 106 Å². The second kappa shape index (κ2) is 8.24. The Kier molecular flexibility index (Phi) is 7.82. The van der Waals surface area contributed by atoms with Crippen molar-refractivity contribution in [1.82, 2.24) is 0 Å². The van der Waals surface area contributed by atoms with Gasteiger partial charge in [0.05, 0.1) is 25.3 Å². The first-order valence-electron chi connectivity index (χ1n) is 5.67. The average molecular weight is 282 g/mol. The number of aliphatic carboxylic acids is 2. The molecule has 0 aromatic heterocycles. The second-order valence-corrected chi connectivity index (χ2v) is 5.70. The first-order valence-corrected chi connectivity index (χ1v) is 7.40. The molecule has 0 bridgehead atoms. The molecule has 18 heavy (non-hydrogen) atoms. The minimum absolute atomic E-state index is 0.102. The van der Waals surface area contributed by atoms with Crippen LogP contribution < -0.4 is 0 Å². The Bertz CT molecular complexity index is 318. The van der Waals surface area contributed by atoms with Crippen LogP contribution in [0.15, 0.2) is 0 Å². The maximum absolute atomic E-state index is 12.1. The maximum atomic E-state index is 12.1. The van der Waals surface area contributed by atoms with Gasteiger partial charge in [0.25, 0.3) is 0 Å². The molecule has 0 aliphatic heterocycles. The molecule has 0 saturated carbocycles. The van der Waals surface area contributed by atoms with Gasteiger partial charge in [-0.1, -0.05) is 0 Å². The van der Waals surface area contributed by atoms with Crippen molar-refractivity contribution in [3.8, 4) is 0 Å². The van der Waals surface area contributed by atoms with Gasteiger partial charge in [0.2, 0.25) is 0 Å². The first kappa shape index (κ1) is 17.1. The predicted octanol–water partition coefficient (Wildman–Crippen LogP) is 1.82. The summed E-state index contributed by atoms with van der Waals surface area (Å²) in [4.78, 5) is 21.4. The normalized spacial score (nSPS) is 13.2. The van der Waals surface area contributed by atoms with Crippen molar-refractivity contribution in [3.05, 3.63) is 0 Å². The quantitative estimate of drug-likeness (QED) is 0.588. The van der Waals surface area contributed by atoms with Gasteiger partial charge in [0.1, 0.15) is 0 Å². The third-order valence-corrected chi connectivity index (χ3v) is 4.34.